The highest BCUT2D eigenvalue weighted by atomic mass is 16.5. The van der Waals surface area contributed by atoms with Gasteiger partial charge >= 0.3 is 0 Å². The number of ether oxygens (including phenoxy) is 1. The van der Waals surface area contributed by atoms with Crippen LogP contribution >= 0.6 is 0 Å². The number of unbranched alkanes of at least 4 members (excludes halogenated alkanes) is 1. The van der Waals surface area contributed by atoms with Crippen molar-refractivity contribution in [3.8, 4) is 0 Å². The molecule has 4 aliphatic rings. The molecule has 2 fully saturated rings. The minimum atomic E-state index is -1.25. The molecule has 39 heavy (non-hydrogen) atoms. The predicted molar refractivity (Wildman–Crippen MR) is 149 cm³/mol. The van der Waals surface area contributed by atoms with E-state index in [1.54, 1.807) is 9.80 Å². The van der Waals surface area contributed by atoms with Crippen LogP contribution in [-0.4, -0.2) is 82.7 Å². The maximum Gasteiger partial charge on any atom is 0.253 e. The molecular weight excluding hydrogens is 494 g/mol. The highest BCUT2D eigenvalue weighted by Crippen LogP contribution is 2.58. The summed E-state index contributed by atoms with van der Waals surface area (Å²) in [7, 11) is 0. The van der Waals surface area contributed by atoms with E-state index in [9.17, 15) is 19.5 Å². The van der Waals surface area contributed by atoms with Crippen molar-refractivity contribution in [3.05, 3.63) is 53.6 Å². The summed E-state index contributed by atoms with van der Waals surface area (Å²) in [6, 6.07) is 5.13. The minimum Gasteiger partial charge on any atom is -0.396 e. The van der Waals surface area contributed by atoms with Crippen LogP contribution in [0.3, 0.4) is 0 Å². The van der Waals surface area contributed by atoms with Crippen LogP contribution in [0.1, 0.15) is 50.7 Å². The molecular formula is C31H41N3O5. The second kappa shape index (κ2) is 10.5. The Balaban J connectivity index is 1.65. The molecule has 3 amide bonds. The van der Waals surface area contributed by atoms with Gasteiger partial charge in [0.25, 0.3) is 5.91 Å². The fourth-order valence-electron chi connectivity index (χ4n) is 7.14. The third kappa shape index (κ3) is 4.23. The zero-order chi connectivity index (χ0) is 27.9. The van der Waals surface area contributed by atoms with E-state index >= 15 is 0 Å². The summed E-state index contributed by atoms with van der Waals surface area (Å²) in [5.74, 6) is -2.00. The van der Waals surface area contributed by atoms with E-state index in [1.807, 2.05) is 75.1 Å². The van der Waals surface area contributed by atoms with E-state index in [4.69, 9.17) is 4.74 Å². The maximum absolute atomic E-state index is 14.6. The zero-order valence-electron chi connectivity index (χ0n) is 23.6. The fourth-order valence-corrected chi connectivity index (χ4v) is 7.14. The molecule has 0 radical (unpaired) electrons. The number of carbonyl (C=O) groups is 3. The summed E-state index contributed by atoms with van der Waals surface area (Å²) in [6.07, 6.45) is 10.2. The number of aliphatic hydroxyl groups is 1. The van der Waals surface area contributed by atoms with Gasteiger partial charge in [-0.05, 0) is 56.7 Å². The van der Waals surface area contributed by atoms with E-state index in [2.05, 4.69) is 0 Å². The van der Waals surface area contributed by atoms with Crippen LogP contribution in [0.25, 0.3) is 0 Å². The Kier molecular flexibility index (Phi) is 7.46. The van der Waals surface area contributed by atoms with Crippen molar-refractivity contribution in [1.29, 1.82) is 0 Å². The van der Waals surface area contributed by atoms with Gasteiger partial charge in [-0.2, -0.15) is 0 Å². The molecule has 1 aromatic carbocycles. The normalized spacial score (nSPS) is 31.9. The molecule has 0 bridgehead atoms. The van der Waals surface area contributed by atoms with Gasteiger partial charge in [0.1, 0.15) is 11.6 Å². The molecule has 1 unspecified atom stereocenters. The van der Waals surface area contributed by atoms with Crippen LogP contribution in [0, 0.1) is 25.7 Å². The summed E-state index contributed by atoms with van der Waals surface area (Å²) >= 11 is 0. The molecule has 8 nitrogen and oxygen atoms in total. The van der Waals surface area contributed by atoms with Gasteiger partial charge in [-0.1, -0.05) is 50.3 Å². The van der Waals surface area contributed by atoms with Crippen molar-refractivity contribution in [3.63, 3.8) is 0 Å². The summed E-state index contributed by atoms with van der Waals surface area (Å²) in [5, 5.41) is 9.44. The minimum absolute atomic E-state index is 0.0110. The lowest BCUT2D eigenvalue weighted by molar-refractivity contribution is -0.150. The number of aliphatic hydroxyl groups excluding tert-OH is 1. The highest BCUT2D eigenvalue weighted by molar-refractivity contribution is 6.06. The molecule has 210 valence electrons. The third-order valence-electron chi connectivity index (χ3n) is 8.98. The molecule has 1 spiro atoms. The van der Waals surface area contributed by atoms with Crippen LogP contribution in [-0.2, 0) is 19.1 Å². The quantitative estimate of drug-likeness (QED) is 0.408. The van der Waals surface area contributed by atoms with Crippen LogP contribution in [0.2, 0.25) is 0 Å². The van der Waals surface area contributed by atoms with Gasteiger partial charge in [0.05, 0.1) is 17.4 Å². The topological polar surface area (TPSA) is 90.4 Å². The van der Waals surface area contributed by atoms with E-state index in [-0.39, 0.29) is 24.3 Å². The largest absolute Gasteiger partial charge is 0.396 e. The van der Waals surface area contributed by atoms with Crippen molar-refractivity contribution in [2.75, 3.05) is 37.7 Å². The monoisotopic (exact) mass is 535 g/mol. The number of benzene rings is 1. The van der Waals surface area contributed by atoms with Crippen molar-refractivity contribution in [2.24, 2.45) is 11.8 Å². The van der Waals surface area contributed by atoms with Crippen LogP contribution in [0.5, 0.6) is 0 Å². The number of fused-ring (bicyclic) bond motifs is 2. The molecule has 5 atom stereocenters. The van der Waals surface area contributed by atoms with Crippen molar-refractivity contribution in [2.45, 2.75) is 70.6 Å². The number of anilines is 1. The number of carbonyl (C=O) groups excluding carboxylic acids is 3. The zero-order valence-corrected chi connectivity index (χ0v) is 23.6. The summed E-state index contributed by atoms with van der Waals surface area (Å²) in [4.78, 5) is 48.3. The molecule has 0 aliphatic carbocycles. The Bertz CT molecular complexity index is 1210. The van der Waals surface area contributed by atoms with Crippen molar-refractivity contribution < 1.29 is 24.2 Å². The SMILES string of the molecule is CCCN1CC=C[C@]2(CC)O[C@]34C=CCN(c5cc(C)ccc5C)C(=O)C3N(CCCCO)C(=O)[C@@H]4[C@@H]2C1=O. The van der Waals surface area contributed by atoms with Crippen LogP contribution < -0.4 is 4.90 Å². The molecule has 4 aliphatic heterocycles. The number of likely N-dealkylation sites (tertiary alicyclic amines) is 1. The second-order valence-corrected chi connectivity index (χ2v) is 11.4. The first-order chi connectivity index (χ1) is 18.7. The molecule has 0 aromatic heterocycles. The lowest BCUT2D eigenvalue weighted by Gasteiger charge is -2.38. The maximum atomic E-state index is 14.6. The van der Waals surface area contributed by atoms with E-state index in [0.29, 0.717) is 45.4 Å². The fraction of sp³-hybridized carbons (Fsp3) is 0.581. The Morgan fingerprint density at radius 1 is 0.949 bits per heavy atom. The molecule has 5 rings (SSSR count). The van der Waals surface area contributed by atoms with Crippen molar-refractivity contribution in [1.82, 2.24) is 9.80 Å². The van der Waals surface area contributed by atoms with Crippen LogP contribution in [0.15, 0.2) is 42.5 Å². The van der Waals surface area contributed by atoms with E-state index in [1.165, 1.54) is 0 Å². The standard InChI is InChI=1S/C31H41N3O5/c1-5-15-32-16-9-13-30(6-2)24(27(32)36)25-28(37)34(17-7-8-19-35)26-29(38)33(18-10-14-31(25,26)39-30)23-20-21(3)11-12-22(23)4/h9-14,20,24-26,35H,5-8,15-19H2,1-4H3/t24-,25+,26?,30+,31+/m1/s1. The van der Waals surface area contributed by atoms with E-state index < -0.39 is 29.1 Å². The highest BCUT2D eigenvalue weighted by Gasteiger charge is 2.75. The Morgan fingerprint density at radius 2 is 1.72 bits per heavy atom. The van der Waals surface area contributed by atoms with Gasteiger partial charge in [0.2, 0.25) is 11.8 Å². The summed E-state index contributed by atoms with van der Waals surface area (Å²) in [5.41, 5.74) is 0.615. The molecule has 2 saturated heterocycles. The van der Waals surface area contributed by atoms with Gasteiger partial charge in [0, 0.05) is 38.5 Å². The average molecular weight is 536 g/mol. The summed E-state index contributed by atoms with van der Waals surface area (Å²) < 4.78 is 7.01. The third-order valence-corrected chi connectivity index (χ3v) is 8.98. The number of rotatable bonds is 8. The number of hydrogen-bond donors (Lipinski definition) is 1. The van der Waals surface area contributed by atoms with Gasteiger partial charge < -0.3 is 24.5 Å². The first-order valence-electron chi connectivity index (χ1n) is 14.4. The van der Waals surface area contributed by atoms with Crippen LogP contribution in [0.4, 0.5) is 5.69 Å². The average Bonchev–Trinajstić information content (AvgIpc) is 3.20. The number of aryl methyl sites for hydroxylation is 2. The Labute approximate surface area is 231 Å². The number of nitrogens with zero attached hydrogens (tertiary/aromatic N) is 3. The van der Waals surface area contributed by atoms with Gasteiger partial charge in [-0.3, -0.25) is 14.4 Å². The lowest BCUT2D eigenvalue weighted by atomic mass is 9.73. The number of amides is 3. The van der Waals surface area contributed by atoms with E-state index in [0.717, 1.165) is 23.2 Å². The predicted octanol–water partition coefficient (Wildman–Crippen LogP) is 3.15. The molecule has 1 aromatic rings. The second-order valence-electron chi connectivity index (χ2n) is 11.4. The molecule has 4 heterocycles. The lowest BCUT2D eigenvalue weighted by Crippen LogP contribution is -2.56. The molecule has 1 N–H and O–H groups in total. The molecule has 8 heteroatoms. The van der Waals surface area contributed by atoms with Crippen molar-refractivity contribution >= 4 is 23.4 Å². The first kappa shape index (κ1) is 27.6. The Hall–Kier alpha value is -2.97. The number of hydrogen-bond acceptors (Lipinski definition) is 5. The van der Waals surface area contributed by atoms with Gasteiger partial charge in [-0.25, -0.2) is 0 Å². The van der Waals surface area contributed by atoms with Gasteiger partial charge in [-0.15, -0.1) is 0 Å². The first-order valence-corrected chi connectivity index (χ1v) is 14.4. The summed E-state index contributed by atoms with van der Waals surface area (Å²) in [6.45, 7) is 9.78. The smallest absolute Gasteiger partial charge is 0.253 e. The molecule has 0 saturated carbocycles. The van der Waals surface area contributed by atoms with Gasteiger partial charge in [0.15, 0.2) is 0 Å². The Morgan fingerprint density at radius 3 is 2.44 bits per heavy atom.